The van der Waals surface area contributed by atoms with Gasteiger partial charge in [0.25, 0.3) is 0 Å². The van der Waals surface area contributed by atoms with Crippen LogP contribution in [0, 0.1) is 0 Å². The van der Waals surface area contributed by atoms with Gasteiger partial charge in [0.2, 0.25) is 0 Å². The van der Waals surface area contributed by atoms with Crippen LogP contribution in [0.15, 0.2) is 0 Å². The van der Waals surface area contributed by atoms with Crippen LogP contribution in [0.4, 0.5) is 22.0 Å². The van der Waals surface area contributed by atoms with Crippen LogP contribution in [0.3, 0.4) is 0 Å². The van der Waals surface area contributed by atoms with Gasteiger partial charge in [-0.05, 0) is 0 Å². The van der Waals surface area contributed by atoms with Crippen molar-refractivity contribution in [2.24, 2.45) is 0 Å². The fourth-order valence-corrected chi connectivity index (χ4v) is 0.438. The molecule has 0 aromatic carbocycles. The first-order valence-electron chi connectivity index (χ1n) is 1.95. The van der Waals surface area contributed by atoms with Gasteiger partial charge < -0.3 is 4.74 Å². The number of halogens is 6. The Morgan fingerprint density at radius 2 is 1.50 bits per heavy atom. The highest BCUT2D eigenvalue weighted by Gasteiger charge is 2.59. The molecule has 0 saturated heterocycles. The van der Waals surface area contributed by atoms with Gasteiger partial charge in [-0.3, -0.25) is 0 Å². The summed E-state index contributed by atoms with van der Waals surface area (Å²) in [5.41, 5.74) is -0.862. The summed E-state index contributed by atoms with van der Waals surface area (Å²) in [5.74, 6) is 0. The van der Waals surface area contributed by atoms with Crippen molar-refractivity contribution >= 4 is 15.9 Å². The molecule has 0 unspecified atom stereocenters. The molecule has 0 heterocycles. The van der Waals surface area contributed by atoms with Crippen LogP contribution in [-0.2, 0) is 4.74 Å². The van der Waals surface area contributed by atoms with E-state index in [4.69, 9.17) is 0 Å². The molecule has 0 aromatic heterocycles. The number of ether oxygens (including phenoxy) is 1. The molecule has 1 nitrogen and oxygen atoms in total. The van der Waals surface area contributed by atoms with Crippen molar-refractivity contribution in [2.75, 3.05) is 5.52 Å². The number of alkyl halides is 6. The van der Waals surface area contributed by atoms with E-state index in [1.807, 2.05) is 0 Å². The minimum atomic E-state index is -5.64. The average molecular weight is 229 g/mol. The summed E-state index contributed by atoms with van der Waals surface area (Å²) < 4.78 is 59.5. The Kier molecular flexibility index (Phi) is 3.02. The zero-order valence-corrected chi connectivity index (χ0v) is 5.97. The molecule has 0 fully saturated rings. The Bertz CT molecular complexity index is 110. The Balaban J connectivity index is 4.10. The molecule has 0 aliphatic rings. The van der Waals surface area contributed by atoms with Crippen molar-refractivity contribution < 1.29 is 26.7 Å². The molecule has 0 atom stereocenters. The zero-order valence-electron chi connectivity index (χ0n) is 4.38. The molecule has 0 radical (unpaired) electrons. The van der Waals surface area contributed by atoms with Crippen LogP contribution in [0.25, 0.3) is 0 Å². The maximum Gasteiger partial charge on any atom is 0.482 e. The lowest BCUT2D eigenvalue weighted by molar-refractivity contribution is -0.385. The number of hydrogen-bond donors (Lipinski definition) is 0. The summed E-state index contributed by atoms with van der Waals surface area (Å²) in [6.07, 6.45) is -10.7. The van der Waals surface area contributed by atoms with Gasteiger partial charge in [0.15, 0.2) is 0 Å². The van der Waals surface area contributed by atoms with Crippen molar-refractivity contribution in [3.63, 3.8) is 0 Å². The maximum atomic E-state index is 11.6. The molecule has 0 amide bonds. The molecule has 0 saturated carbocycles. The third kappa shape index (κ3) is 2.37. The Morgan fingerprint density at radius 1 is 1.10 bits per heavy atom. The SMILES string of the molecule is FC(F)(F)C(F)(F)OCBr. The second-order valence-corrected chi connectivity index (χ2v) is 1.73. The van der Waals surface area contributed by atoms with Gasteiger partial charge in [-0.15, -0.1) is 0 Å². The summed E-state index contributed by atoms with van der Waals surface area (Å²) in [7, 11) is 0. The van der Waals surface area contributed by atoms with Crippen molar-refractivity contribution in [2.45, 2.75) is 12.3 Å². The fourth-order valence-electron chi connectivity index (χ4n) is 0.150. The molecule has 10 heavy (non-hydrogen) atoms. The first-order valence-corrected chi connectivity index (χ1v) is 3.08. The Hall–Kier alpha value is 0.0900. The highest BCUT2D eigenvalue weighted by molar-refractivity contribution is 9.09. The first-order chi connectivity index (χ1) is 4.31. The second-order valence-electron chi connectivity index (χ2n) is 1.27. The van der Waals surface area contributed by atoms with E-state index in [9.17, 15) is 22.0 Å². The molecule has 0 spiro atoms. The highest BCUT2D eigenvalue weighted by atomic mass is 79.9. The lowest BCUT2D eigenvalue weighted by atomic mass is 10.6. The molecule has 0 rings (SSSR count). The number of rotatable bonds is 2. The average Bonchev–Trinajstić information content (AvgIpc) is 1.61. The third-order valence-electron chi connectivity index (χ3n) is 0.566. The molecule has 0 aliphatic heterocycles. The summed E-state index contributed by atoms with van der Waals surface area (Å²) in [6, 6.07) is 0. The van der Waals surface area contributed by atoms with E-state index in [1.165, 1.54) is 0 Å². The summed E-state index contributed by atoms with van der Waals surface area (Å²) in [5, 5.41) is 0. The lowest BCUT2D eigenvalue weighted by Crippen LogP contribution is -2.38. The van der Waals surface area contributed by atoms with Gasteiger partial charge in [-0.1, -0.05) is 15.9 Å². The molecule has 7 heteroatoms. The fraction of sp³-hybridized carbons (Fsp3) is 1.00. The predicted molar refractivity (Wildman–Crippen MR) is 25.9 cm³/mol. The van der Waals surface area contributed by atoms with E-state index >= 15 is 0 Å². The van der Waals surface area contributed by atoms with Crippen molar-refractivity contribution in [3.8, 4) is 0 Å². The third-order valence-corrected chi connectivity index (χ3v) is 0.795. The highest BCUT2D eigenvalue weighted by Crippen LogP contribution is 2.36. The van der Waals surface area contributed by atoms with E-state index in [-0.39, 0.29) is 0 Å². The molecular formula is C3H2BrF5O. The minimum absolute atomic E-state index is 0.862. The number of hydrogen-bond acceptors (Lipinski definition) is 1. The van der Waals surface area contributed by atoms with Crippen LogP contribution in [0.5, 0.6) is 0 Å². The van der Waals surface area contributed by atoms with E-state index in [2.05, 4.69) is 20.7 Å². The monoisotopic (exact) mass is 228 g/mol. The van der Waals surface area contributed by atoms with Gasteiger partial charge in [-0.25, -0.2) is 0 Å². The first kappa shape index (κ1) is 10.1. The van der Waals surface area contributed by atoms with Crippen molar-refractivity contribution in [3.05, 3.63) is 0 Å². The Labute approximate surface area is 61.3 Å². The van der Waals surface area contributed by atoms with Gasteiger partial charge in [0.1, 0.15) is 5.52 Å². The molecule has 62 valence electrons. The van der Waals surface area contributed by atoms with Gasteiger partial charge in [-0.2, -0.15) is 22.0 Å². The molecular weight excluding hydrogens is 227 g/mol. The van der Waals surface area contributed by atoms with Crippen molar-refractivity contribution in [1.82, 2.24) is 0 Å². The van der Waals surface area contributed by atoms with Crippen LogP contribution < -0.4 is 0 Å². The largest absolute Gasteiger partial charge is 0.482 e. The van der Waals surface area contributed by atoms with Crippen LogP contribution in [-0.4, -0.2) is 17.8 Å². The molecule has 0 N–H and O–H groups in total. The van der Waals surface area contributed by atoms with E-state index < -0.39 is 17.8 Å². The van der Waals surface area contributed by atoms with Gasteiger partial charge >= 0.3 is 12.3 Å². The van der Waals surface area contributed by atoms with Gasteiger partial charge in [0, 0.05) is 0 Å². The minimum Gasteiger partial charge on any atom is -0.302 e. The van der Waals surface area contributed by atoms with Crippen molar-refractivity contribution in [1.29, 1.82) is 0 Å². The predicted octanol–water partition coefficient (Wildman–Crippen LogP) is 2.51. The zero-order chi connectivity index (χ0) is 8.41. The molecule has 0 aromatic rings. The summed E-state index contributed by atoms with van der Waals surface area (Å²) in [4.78, 5) is 0. The van der Waals surface area contributed by atoms with Crippen LogP contribution >= 0.6 is 15.9 Å². The van der Waals surface area contributed by atoms with E-state index in [0.717, 1.165) is 0 Å². The van der Waals surface area contributed by atoms with Crippen LogP contribution in [0.2, 0.25) is 0 Å². The normalized spacial score (nSPS) is 13.8. The van der Waals surface area contributed by atoms with E-state index in [0.29, 0.717) is 0 Å². The smallest absolute Gasteiger partial charge is 0.302 e. The van der Waals surface area contributed by atoms with E-state index in [1.54, 1.807) is 0 Å². The quantitative estimate of drug-likeness (QED) is 0.522. The van der Waals surface area contributed by atoms with Crippen LogP contribution in [0.1, 0.15) is 0 Å². The standard InChI is InChI=1S/C3H2BrF5O/c4-1-10-3(8,9)2(5,6)7/h1H2. The summed E-state index contributed by atoms with van der Waals surface area (Å²) in [6.45, 7) is 0. The topological polar surface area (TPSA) is 9.23 Å². The molecule has 0 bridgehead atoms. The maximum absolute atomic E-state index is 11.6. The summed E-state index contributed by atoms with van der Waals surface area (Å²) >= 11 is 2.28. The Morgan fingerprint density at radius 3 is 1.60 bits per heavy atom. The second kappa shape index (κ2) is 3.00. The lowest BCUT2D eigenvalue weighted by Gasteiger charge is -2.17. The molecule has 0 aliphatic carbocycles. The van der Waals surface area contributed by atoms with Gasteiger partial charge in [0.05, 0.1) is 0 Å².